The molecule has 21 heavy (non-hydrogen) atoms. The third kappa shape index (κ3) is 3.02. The Morgan fingerprint density at radius 2 is 1.76 bits per heavy atom. The average molecular weight is 288 g/mol. The van der Waals surface area contributed by atoms with E-state index in [4.69, 9.17) is 0 Å². The van der Waals surface area contributed by atoms with Crippen molar-refractivity contribution < 1.29 is 0 Å². The van der Waals surface area contributed by atoms with Gasteiger partial charge < -0.3 is 5.32 Å². The molecule has 0 aromatic heterocycles. The highest BCUT2D eigenvalue weighted by Crippen LogP contribution is 2.45. The summed E-state index contributed by atoms with van der Waals surface area (Å²) in [6, 6.07) is 7.32. The van der Waals surface area contributed by atoms with Crippen LogP contribution in [0.15, 0.2) is 18.2 Å². The molecule has 1 N–H and O–H groups in total. The molecule has 118 valence electrons. The van der Waals surface area contributed by atoms with Crippen LogP contribution >= 0.6 is 0 Å². The first-order valence-corrected chi connectivity index (χ1v) is 8.58. The van der Waals surface area contributed by atoms with Gasteiger partial charge in [0, 0.05) is 5.54 Å². The fraction of sp³-hybridized carbons (Fsp3) is 0.684. The topological polar surface area (TPSA) is 15.3 Å². The van der Waals surface area contributed by atoms with E-state index in [1.807, 2.05) is 0 Å². The van der Waals surface area contributed by atoms with Crippen molar-refractivity contribution in [3.8, 4) is 0 Å². The van der Waals surface area contributed by atoms with Crippen LogP contribution in [0.25, 0.3) is 0 Å². The zero-order valence-electron chi connectivity index (χ0n) is 14.5. The molecule has 1 fully saturated rings. The fourth-order valence-electron chi connectivity index (χ4n) is 4.41. The lowest BCUT2D eigenvalue weighted by Crippen LogP contribution is -2.54. The molecule has 1 saturated carbocycles. The van der Waals surface area contributed by atoms with Gasteiger partial charge in [-0.15, -0.1) is 0 Å². The Labute approximate surface area is 130 Å². The minimum absolute atomic E-state index is 0.288. The van der Waals surface area contributed by atoms with Crippen molar-refractivity contribution in [2.24, 2.45) is 0 Å². The lowest BCUT2D eigenvalue weighted by Gasteiger charge is -2.47. The monoisotopic (exact) mass is 288 g/mol. The van der Waals surface area contributed by atoms with Crippen LogP contribution < -0.4 is 5.32 Å². The number of aryl methyl sites for hydroxylation is 2. The van der Waals surface area contributed by atoms with E-state index in [1.165, 1.54) is 42.4 Å². The smallest absolute Gasteiger partial charge is 0.0507 e. The summed E-state index contributed by atoms with van der Waals surface area (Å²) in [6.45, 7) is 11.3. The first-order chi connectivity index (χ1) is 10.1. The Morgan fingerprint density at radius 3 is 2.29 bits per heavy atom. The molecule has 0 aliphatic heterocycles. The van der Waals surface area contributed by atoms with E-state index in [9.17, 15) is 0 Å². The van der Waals surface area contributed by atoms with Crippen LogP contribution in [0.1, 0.15) is 62.3 Å². The summed E-state index contributed by atoms with van der Waals surface area (Å²) >= 11 is 0. The molecule has 1 aliphatic rings. The number of hydrogen-bond donors (Lipinski definition) is 1. The van der Waals surface area contributed by atoms with Crippen LogP contribution in [-0.4, -0.2) is 30.6 Å². The summed E-state index contributed by atoms with van der Waals surface area (Å²) in [4.78, 5) is 2.70. The van der Waals surface area contributed by atoms with Gasteiger partial charge in [-0.3, -0.25) is 4.90 Å². The number of likely N-dealkylation sites (N-methyl/N-ethyl adjacent to an activating group) is 2. The highest BCUT2D eigenvalue weighted by molar-refractivity contribution is 5.35. The van der Waals surface area contributed by atoms with Gasteiger partial charge in [0.05, 0.1) is 6.04 Å². The maximum Gasteiger partial charge on any atom is 0.0507 e. The van der Waals surface area contributed by atoms with E-state index in [2.05, 4.69) is 63.2 Å². The minimum Gasteiger partial charge on any atom is -0.311 e. The standard InChI is InChI=1S/C19H32N2/c1-6-21(7-2)19(12-8-9-13-19)18(20-5)17-14-15(3)10-11-16(17)4/h10-11,14,18,20H,6-9,12-13H2,1-5H3. The molecular weight excluding hydrogens is 256 g/mol. The van der Waals surface area contributed by atoms with Crippen LogP contribution in [0.3, 0.4) is 0 Å². The Hall–Kier alpha value is -0.860. The van der Waals surface area contributed by atoms with Gasteiger partial charge >= 0.3 is 0 Å². The van der Waals surface area contributed by atoms with Crippen molar-refractivity contribution in [1.29, 1.82) is 0 Å². The van der Waals surface area contributed by atoms with E-state index in [0.29, 0.717) is 6.04 Å². The molecule has 0 amide bonds. The summed E-state index contributed by atoms with van der Waals surface area (Å²) in [5.74, 6) is 0. The zero-order chi connectivity index (χ0) is 15.5. The second-order valence-electron chi connectivity index (χ2n) is 6.56. The van der Waals surface area contributed by atoms with Crippen molar-refractivity contribution in [2.45, 2.75) is 65.0 Å². The minimum atomic E-state index is 0.288. The quantitative estimate of drug-likeness (QED) is 0.843. The van der Waals surface area contributed by atoms with Gasteiger partial charge in [0.2, 0.25) is 0 Å². The molecular formula is C19H32N2. The largest absolute Gasteiger partial charge is 0.311 e. The summed E-state index contributed by atoms with van der Waals surface area (Å²) in [5.41, 5.74) is 4.56. The maximum atomic E-state index is 3.68. The van der Waals surface area contributed by atoms with E-state index < -0.39 is 0 Å². The summed E-state index contributed by atoms with van der Waals surface area (Å²) in [7, 11) is 2.13. The Morgan fingerprint density at radius 1 is 1.14 bits per heavy atom. The van der Waals surface area contributed by atoms with Crippen molar-refractivity contribution >= 4 is 0 Å². The van der Waals surface area contributed by atoms with E-state index in [0.717, 1.165) is 13.1 Å². The van der Waals surface area contributed by atoms with Crippen LogP contribution in [0.4, 0.5) is 0 Å². The maximum absolute atomic E-state index is 3.68. The van der Waals surface area contributed by atoms with Gasteiger partial charge in [0.25, 0.3) is 0 Å². The third-order valence-corrected chi connectivity index (χ3v) is 5.43. The van der Waals surface area contributed by atoms with Crippen molar-refractivity contribution in [1.82, 2.24) is 10.2 Å². The van der Waals surface area contributed by atoms with E-state index >= 15 is 0 Å². The van der Waals surface area contributed by atoms with Gasteiger partial charge in [-0.1, -0.05) is 50.5 Å². The summed E-state index contributed by atoms with van der Waals surface area (Å²) in [6.07, 6.45) is 5.35. The zero-order valence-corrected chi connectivity index (χ0v) is 14.5. The van der Waals surface area contributed by atoms with Gasteiger partial charge in [-0.2, -0.15) is 0 Å². The predicted molar refractivity (Wildman–Crippen MR) is 91.8 cm³/mol. The molecule has 1 aliphatic carbocycles. The predicted octanol–water partition coefficient (Wildman–Crippen LogP) is 4.22. The van der Waals surface area contributed by atoms with Crippen LogP contribution in [0, 0.1) is 13.8 Å². The second-order valence-corrected chi connectivity index (χ2v) is 6.56. The van der Waals surface area contributed by atoms with Crippen molar-refractivity contribution in [3.05, 3.63) is 34.9 Å². The van der Waals surface area contributed by atoms with Gasteiger partial charge in [0.15, 0.2) is 0 Å². The first kappa shape index (κ1) is 16.5. The van der Waals surface area contributed by atoms with E-state index in [-0.39, 0.29) is 5.54 Å². The molecule has 1 aromatic rings. The van der Waals surface area contributed by atoms with Crippen LogP contribution in [0.2, 0.25) is 0 Å². The first-order valence-electron chi connectivity index (χ1n) is 8.58. The van der Waals surface area contributed by atoms with Crippen molar-refractivity contribution in [2.75, 3.05) is 20.1 Å². The van der Waals surface area contributed by atoms with Gasteiger partial charge in [-0.05, 0) is 58.0 Å². The fourth-order valence-corrected chi connectivity index (χ4v) is 4.41. The Bertz CT molecular complexity index is 457. The summed E-state index contributed by atoms with van der Waals surface area (Å²) < 4.78 is 0. The molecule has 0 spiro atoms. The van der Waals surface area contributed by atoms with Gasteiger partial charge in [0.1, 0.15) is 0 Å². The molecule has 0 bridgehead atoms. The molecule has 2 heteroatoms. The molecule has 0 heterocycles. The molecule has 1 aromatic carbocycles. The lowest BCUT2D eigenvalue weighted by molar-refractivity contribution is 0.0653. The van der Waals surface area contributed by atoms with Crippen molar-refractivity contribution in [3.63, 3.8) is 0 Å². The third-order valence-electron chi connectivity index (χ3n) is 5.43. The lowest BCUT2D eigenvalue weighted by atomic mass is 9.80. The highest BCUT2D eigenvalue weighted by atomic mass is 15.2. The normalized spacial score (nSPS) is 19.1. The number of benzene rings is 1. The molecule has 2 nitrogen and oxygen atoms in total. The molecule has 2 rings (SSSR count). The molecule has 1 unspecified atom stereocenters. The Balaban J connectivity index is 2.47. The average Bonchev–Trinajstić information content (AvgIpc) is 2.95. The molecule has 0 radical (unpaired) electrons. The molecule has 0 saturated heterocycles. The summed E-state index contributed by atoms with van der Waals surface area (Å²) in [5, 5.41) is 3.68. The molecule has 1 atom stereocenters. The Kier molecular flexibility index (Phi) is 5.45. The van der Waals surface area contributed by atoms with Gasteiger partial charge in [-0.25, -0.2) is 0 Å². The number of nitrogens with one attached hydrogen (secondary N) is 1. The number of nitrogens with zero attached hydrogens (tertiary/aromatic N) is 1. The van der Waals surface area contributed by atoms with Crippen LogP contribution in [0.5, 0.6) is 0 Å². The SMILES string of the molecule is CCN(CC)C1(C(NC)c2cc(C)ccc2C)CCCC1. The van der Waals surface area contributed by atoms with E-state index in [1.54, 1.807) is 0 Å². The number of rotatable bonds is 6. The van der Waals surface area contributed by atoms with Crippen LogP contribution in [-0.2, 0) is 0 Å². The second kappa shape index (κ2) is 6.93. The number of hydrogen-bond acceptors (Lipinski definition) is 2. The highest BCUT2D eigenvalue weighted by Gasteiger charge is 2.45.